The van der Waals surface area contributed by atoms with Gasteiger partial charge in [-0.25, -0.2) is 0 Å². The van der Waals surface area contributed by atoms with Crippen LogP contribution in [0.15, 0.2) is 30.5 Å². The number of ether oxygens (including phenoxy) is 1. The molecule has 2 aromatic rings. The van der Waals surface area contributed by atoms with Crippen molar-refractivity contribution < 1.29 is 14.6 Å². The monoisotopic (exact) mass is 260 g/mol. The van der Waals surface area contributed by atoms with Crippen molar-refractivity contribution in [3.63, 3.8) is 0 Å². The minimum Gasteiger partial charge on any atom is -0.494 e. The molecule has 2 N–H and O–H groups in total. The molecule has 1 aromatic heterocycles. The third kappa shape index (κ3) is 3.34. The number of aromatic amines is 1. The standard InChI is InChI=1S/C14H16N2O3/c1-2-7-19-12-5-3-10(4-6-12)14-11(8-13(17)18)9-15-16-14/h3-6,9H,2,7-8H2,1H3,(H,15,16)(H,17,18). The van der Waals surface area contributed by atoms with E-state index >= 15 is 0 Å². The van der Waals surface area contributed by atoms with Crippen molar-refractivity contribution >= 4 is 5.97 Å². The van der Waals surface area contributed by atoms with E-state index in [1.807, 2.05) is 24.3 Å². The molecular formula is C14H16N2O3. The third-order valence-corrected chi connectivity index (χ3v) is 2.68. The number of benzene rings is 1. The van der Waals surface area contributed by atoms with Gasteiger partial charge in [0.2, 0.25) is 0 Å². The maximum Gasteiger partial charge on any atom is 0.307 e. The van der Waals surface area contributed by atoms with E-state index < -0.39 is 5.97 Å². The SMILES string of the molecule is CCCOc1ccc(-c2[nH]ncc2CC(=O)O)cc1. The molecule has 0 saturated heterocycles. The van der Waals surface area contributed by atoms with Crippen LogP contribution in [0.4, 0.5) is 0 Å². The van der Waals surface area contributed by atoms with Crippen LogP contribution in [-0.2, 0) is 11.2 Å². The number of carboxylic acid groups (broad SMARTS) is 1. The Bertz CT molecular complexity index is 546. The molecule has 1 heterocycles. The number of hydrogen-bond acceptors (Lipinski definition) is 3. The minimum atomic E-state index is -0.870. The zero-order valence-corrected chi connectivity index (χ0v) is 10.7. The van der Waals surface area contributed by atoms with Gasteiger partial charge in [-0.3, -0.25) is 9.89 Å². The van der Waals surface area contributed by atoms with Gasteiger partial charge in [-0.05, 0) is 30.7 Å². The quantitative estimate of drug-likeness (QED) is 0.836. The molecule has 0 aliphatic carbocycles. The Morgan fingerprint density at radius 2 is 2.11 bits per heavy atom. The normalized spacial score (nSPS) is 10.4. The van der Waals surface area contributed by atoms with E-state index in [0.29, 0.717) is 12.2 Å². The molecule has 100 valence electrons. The number of nitrogens with zero attached hydrogens (tertiary/aromatic N) is 1. The van der Waals surface area contributed by atoms with E-state index in [-0.39, 0.29) is 6.42 Å². The van der Waals surface area contributed by atoms with Gasteiger partial charge in [0.25, 0.3) is 0 Å². The Balaban J connectivity index is 2.18. The number of aliphatic carboxylic acids is 1. The van der Waals surface area contributed by atoms with E-state index in [9.17, 15) is 4.79 Å². The number of carbonyl (C=O) groups is 1. The molecule has 1 aromatic carbocycles. The highest BCUT2D eigenvalue weighted by Gasteiger charge is 2.10. The number of H-pyrrole nitrogens is 1. The first-order valence-electron chi connectivity index (χ1n) is 6.18. The van der Waals surface area contributed by atoms with Crippen LogP contribution in [0.1, 0.15) is 18.9 Å². The summed E-state index contributed by atoms with van der Waals surface area (Å²) < 4.78 is 5.50. The van der Waals surface area contributed by atoms with E-state index in [2.05, 4.69) is 17.1 Å². The molecule has 19 heavy (non-hydrogen) atoms. The van der Waals surface area contributed by atoms with Crippen molar-refractivity contribution in [3.8, 4) is 17.0 Å². The second-order valence-corrected chi connectivity index (χ2v) is 4.21. The van der Waals surface area contributed by atoms with Gasteiger partial charge in [0.05, 0.1) is 24.9 Å². The highest BCUT2D eigenvalue weighted by atomic mass is 16.5. The van der Waals surface area contributed by atoms with Gasteiger partial charge in [0.1, 0.15) is 5.75 Å². The summed E-state index contributed by atoms with van der Waals surface area (Å²) in [6, 6.07) is 7.53. The minimum absolute atomic E-state index is 0.0417. The van der Waals surface area contributed by atoms with Crippen LogP contribution in [0.3, 0.4) is 0 Å². The summed E-state index contributed by atoms with van der Waals surface area (Å²) in [5.74, 6) is -0.0598. The summed E-state index contributed by atoms with van der Waals surface area (Å²) in [7, 11) is 0. The van der Waals surface area contributed by atoms with Gasteiger partial charge in [0.15, 0.2) is 0 Å². The largest absolute Gasteiger partial charge is 0.494 e. The van der Waals surface area contributed by atoms with E-state index in [1.165, 1.54) is 0 Å². The maximum atomic E-state index is 10.8. The number of carboxylic acids is 1. The lowest BCUT2D eigenvalue weighted by Crippen LogP contribution is -2.00. The van der Waals surface area contributed by atoms with Gasteiger partial charge >= 0.3 is 5.97 Å². The number of hydrogen-bond donors (Lipinski definition) is 2. The zero-order valence-electron chi connectivity index (χ0n) is 10.7. The molecule has 0 fully saturated rings. The molecule has 0 amide bonds. The first kappa shape index (κ1) is 13.1. The molecule has 5 nitrogen and oxygen atoms in total. The van der Waals surface area contributed by atoms with Crippen LogP contribution in [-0.4, -0.2) is 27.9 Å². The highest BCUT2D eigenvalue weighted by Crippen LogP contribution is 2.24. The van der Waals surface area contributed by atoms with Crippen molar-refractivity contribution in [2.24, 2.45) is 0 Å². The average molecular weight is 260 g/mol. The fourth-order valence-corrected chi connectivity index (χ4v) is 1.80. The molecule has 0 saturated carbocycles. The molecule has 0 bridgehead atoms. The van der Waals surface area contributed by atoms with E-state index in [4.69, 9.17) is 9.84 Å². The second kappa shape index (κ2) is 6.04. The second-order valence-electron chi connectivity index (χ2n) is 4.21. The number of rotatable bonds is 6. The number of aromatic nitrogens is 2. The predicted octanol–water partition coefficient (Wildman–Crippen LogP) is 2.49. The average Bonchev–Trinajstić information content (AvgIpc) is 2.84. The van der Waals surface area contributed by atoms with Gasteiger partial charge in [0, 0.05) is 11.1 Å². The first-order valence-corrected chi connectivity index (χ1v) is 6.18. The lowest BCUT2D eigenvalue weighted by molar-refractivity contribution is -0.136. The van der Waals surface area contributed by atoms with Crippen molar-refractivity contribution in [1.82, 2.24) is 10.2 Å². The fraction of sp³-hybridized carbons (Fsp3) is 0.286. The fourth-order valence-electron chi connectivity index (χ4n) is 1.80. The molecule has 0 aliphatic heterocycles. The van der Waals surface area contributed by atoms with Gasteiger partial charge in [-0.2, -0.15) is 5.10 Å². The van der Waals surface area contributed by atoms with E-state index in [1.54, 1.807) is 6.20 Å². The van der Waals surface area contributed by atoms with Crippen LogP contribution < -0.4 is 4.74 Å². The van der Waals surface area contributed by atoms with Crippen LogP contribution in [0.5, 0.6) is 5.75 Å². The van der Waals surface area contributed by atoms with Crippen LogP contribution in [0.2, 0.25) is 0 Å². The van der Waals surface area contributed by atoms with Gasteiger partial charge < -0.3 is 9.84 Å². The zero-order chi connectivity index (χ0) is 13.7. The van der Waals surface area contributed by atoms with Crippen LogP contribution >= 0.6 is 0 Å². The van der Waals surface area contributed by atoms with Crippen molar-refractivity contribution in [2.45, 2.75) is 19.8 Å². The molecular weight excluding hydrogens is 244 g/mol. The highest BCUT2D eigenvalue weighted by molar-refractivity contribution is 5.74. The Hall–Kier alpha value is -2.30. The van der Waals surface area contributed by atoms with Crippen molar-refractivity contribution in [2.75, 3.05) is 6.61 Å². The summed E-state index contributed by atoms with van der Waals surface area (Å²) in [5.41, 5.74) is 2.32. The maximum absolute atomic E-state index is 10.8. The molecule has 0 atom stereocenters. The summed E-state index contributed by atoms with van der Waals surface area (Å²) in [6.45, 7) is 2.74. The van der Waals surface area contributed by atoms with Crippen molar-refractivity contribution in [3.05, 3.63) is 36.0 Å². The molecule has 0 aliphatic rings. The Labute approximate surface area is 111 Å². The lowest BCUT2D eigenvalue weighted by Gasteiger charge is -2.06. The van der Waals surface area contributed by atoms with Gasteiger partial charge in [-0.15, -0.1) is 0 Å². The summed E-state index contributed by atoms with van der Waals surface area (Å²) in [6.07, 6.45) is 2.47. The smallest absolute Gasteiger partial charge is 0.307 e. The van der Waals surface area contributed by atoms with Crippen LogP contribution in [0.25, 0.3) is 11.3 Å². The van der Waals surface area contributed by atoms with Gasteiger partial charge in [-0.1, -0.05) is 6.92 Å². The molecule has 5 heteroatoms. The third-order valence-electron chi connectivity index (χ3n) is 2.68. The summed E-state index contributed by atoms with van der Waals surface area (Å²) in [4.78, 5) is 10.8. The van der Waals surface area contributed by atoms with Crippen LogP contribution in [0, 0.1) is 0 Å². The Kier molecular flexibility index (Phi) is 4.18. The van der Waals surface area contributed by atoms with Crippen molar-refractivity contribution in [1.29, 1.82) is 0 Å². The van der Waals surface area contributed by atoms with E-state index in [0.717, 1.165) is 23.4 Å². The predicted molar refractivity (Wildman–Crippen MR) is 71.1 cm³/mol. The lowest BCUT2D eigenvalue weighted by atomic mass is 10.1. The number of nitrogens with one attached hydrogen (secondary N) is 1. The Morgan fingerprint density at radius 1 is 1.37 bits per heavy atom. The molecule has 0 radical (unpaired) electrons. The summed E-state index contributed by atoms with van der Waals surface area (Å²) in [5, 5.41) is 15.6. The molecule has 0 spiro atoms. The molecule has 0 unspecified atom stereocenters. The topological polar surface area (TPSA) is 75.2 Å². The molecule has 2 rings (SSSR count). The Morgan fingerprint density at radius 3 is 2.74 bits per heavy atom. The summed E-state index contributed by atoms with van der Waals surface area (Å²) >= 11 is 0. The first-order chi connectivity index (χ1) is 9.20.